The van der Waals surface area contributed by atoms with Crippen LogP contribution in [0.25, 0.3) is 0 Å². The first kappa shape index (κ1) is 14.9. The number of phenolic OH excluding ortho intramolecular Hbond substituents is 1. The summed E-state index contributed by atoms with van der Waals surface area (Å²) in [5, 5.41) is 32.0. The molecule has 4 rings (SSSR count). The molecule has 2 N–H and O–H groups in total. The average molecular weight is 317 g/mol. The maximum atomic E-state index is 11.8. The van der Waals surface area contributed by atoms with E-state index in [0.29, 0.717) is 12.3 Å². The van der Waals surface area contributed by atoms with E-state index in [-0.39, 0.29) is 27.9 Å². The lowest BCUT2D eigenvalue weighted by Crippen LogP contribution is -2.52. The van der Waals surface area contributed by atoms with Crippen molar-refractivity contribution in [3.63, 3.8) is 0 Å². The SMILES string of the molecule is C[C@]12CC([N+](=O)[O-])[C@@H]3c4ccc(O)cc4CC[C@H]3[C@@H]1CC[C@H]2O. The van der Waals surface area contributed by atoms with E-state index in [4.69, 9.17) is 0 Å². The number of aryl methyl sites for hydroxylation is 1. The Hall–Kier alpha value is -1.62. The van der Waals surface area contributed by atoms with Crippen LogP contribution in [0.2, 0.25) is 0 Å². The molecular weight excluding hydrogens is 294 g/mol. The van der Waals surface area contributed by atoms with E-state index in [1.54, 1.807) is 12.1 Å². The molecule has 2 saturated carbocycles. The summed E-state index contributed by atoms with van der Waals surface area (Å²) in [6.07, 6.45) is 3.54. The van der Waals surface area contributed by atoms with Crippen LogP contribution in [0.1, 0.15) is 49.7 Å². The summed E-state index contributed by atoms with van der Waals surface area (Å²) in [7, 11) is 0. The van der Waals surface area contributed by atoms with Crippen molar-refractivity contribution in [3.05, 3.63) is 39.4 Å². The Bertz CT molecular complexity index is 660. The molecule has 1 aromatic carbocycles. The molecule has 3 aliphatic carbocycles. The summed E-state index contributed by atoms with van der Waals surface area (Å²) in [6, 6.07) is 4.65. The Kier molecular flexibility index (Phi) is 3.21. The van der Waals surface area contributed by atoms with Crippen LogP contribution in [0.5, 0.6) is 5.75 Å². The first-order valence-corrected chi connectivity index (χ1v) is 8.55. The zero-order valence-corrected chi connectivity index (χ0v) is 13.3. The fourth-order valence-electron chi connectivity index (χ4n) is 5.83. The molecule has 6 atom stereocenters. The molecule has 0 spiro atoms. The van der Waals surface area contributed by atoms with E-state index in [0.717, 1.165) is 36.8 Å². The van der Waals surface area contributed by atoms with Crippen LogP contribution in [-0.4, -0.2) is 27.3 Å². The molecule has 5 heteroatoms. The van der Waals surface area contributed by atoms with Crippen LogP contribution in [0.3, 0.4) is 0 Å². The number of nitrogens with zero attached hydrogens (tertiary/aromatic N) is 1. The van der Waals surface area contributed by atoms with Gasteiger partial charge in [0.1, 0.15) is 5.75 Å². The predicted molar refractivity (Wildman–Crippen MR) is 84.9 cm³/mol. The van der Waals surface area contributed by atoms with E-state index >= 15 is 0 Å². The Morgan fingerprint density at radius 3 is 2.83 bits per heavy atom. The molecule has 0 aliphatic heterocycles. The highest BCUT2D eigenvalue weighted by Crippen LogP contribution is 2.61. The quantitative estimate of drug-likeness (QED) is 0.616. The molecule has 23 heavy (non-hydrogen) atoms. The number of rotatable bonds is 1. The van der Waals surface area contributed by atoms with Gasteiger partial charge < -0.3 is 10.2 Å². The molecule has 5 nitrogen and oxygen atoms in total. The number of fused-ring (bicyclic) bond motifs is 5. The second-order valence-electron chi connectivity index (χ2n) is 7.87. The number of benzene rings is 1. The Morgan fingerprint density at radius 2 is 2.09 bits per heavy atom. The Balaban J connectivity index is 1.82. The maximum absolute atomic E-state index is 11.8. The van der Waals surface area contributed by atoms with Gasteiger partial charge in [0.05, 0.1) is 12.0 Å². The van der Waals surface area contributed by atoms with Crippen LogP contribution in [-0.2, 0) is 6.42 Å². The van der Waals surface area contributed by atoms with Gasteiger partial charge in [-0.15, -0.1) is 0 Å². The maximum Gasteiger partial charge on any atom is 0.220 e. The normalized spacial score (nSPS) is 41.7. The highest BCUT2D eigenvalue weighted by atomic mass is 16.6. The van der Waals surface area contributed by atoms with Crippen molar-refractivity contribution in [3.8, 4) is 5.75 Å². The van der Waals surface area contributed by atoms with Crippen molar-refractivity contribution in [1.29, 1.82) is 0 Å². The summed E-state index contributed by atoms with van der Waals surface area (Å²) in [5.74, 6) is 0.772. The van der Waals surface area contributed by atoms with Gasteiger partial charge in [-0.1, -0.05) is 13.0 Å². The van der Waals surface area contributed by atoms with Crippen molar-refractivity contribution in [1.82, 2.24) is 0 Å². The van der Waals surface area contributed by atoms with Gasteiger partial charge in [0.2, 0.25) is 6.04 Å². The zero-order valence-electron chi connectivity index (χ0n) is 13.3. The molecule has 0 saturated heterocycles. The van der Waals surface area contributed by atoms with E-state index in [1.807, 2.05) is 13.0 Å². The highest BCUT2D eigenvalue weighted by Gasteiger charge is 2.61. The lowest BCUT2D eigenvalue weighted by Gasteiger charge is -2.50. The third-order valence-corrected chi connectivity index (χ3v) is 6.90. The monoisotopic (exact) mass is 317 g/mol. The van der Waals surface area contributed by atoms with Crippen LogP contribution < -0.4 is 0 Å². The highest BCUT2D eigenvalue weighted by molar-refractivity contribution is 5.41. The van der Waals surface area contributed by atoms with Crippen molar-refractivity contribution in [2.45, 2.75) is 57.1 Å². The number of aliphatic hydroxyl groups excluding tert-OH is 1. The van der Waals surface area contributed by atoms with Gasteiger partial charge >= 0.3 is 0 Å². The van der Waals surface area contributed by atoms with E-state index in [1.165, 1.54) is 0 Å². The van der Waals surface area contributed by atoms with Gasteiger partial charge in [-0.2, -0.15) is 0 Å². The van der Waals surface area contributed by atoms with Gasteiger partial charge in [-0.3, -0.25) is 10.1 Å². The molecule has 0 radical (unpaired) electrons. The molecule has 0 heterocycles. The van der Waals surface area contributed by atoms with Crippen LogP contribution in [0, 0.1) is 27.4 Å². The van der Waals surface area contributed by atoms with Gasteiger partial charge in [-0.05, 0) is 60.8 Å². The standard InChI is InChI=1S/C18H23NO4/c1-18-9-15(19(22)23)17-12-5-3-11(20)8-10(12)2-4-13(17)14(18)6-7-16(18)21/h3,5,8,13-17,20-21H,2,4,6-7,9H2,1H3/t13-,14-,15?,16+,17+,18-/m0/s1. The van der Waals surface area contributed by atoms with Crippen molar-refractivity contribution in [2.75, 3.05) is 0 Å². The minimum atomic E-state index is -0.641. The fourth-order valence-corrected chi connectivity index (χ4v) is 5.83. The minimum absolute atomic E-state index is 0.0854. The second kappa shape index (κ2) is 4.94. The third kappa shape index (κ3) is 2.02. The van der Waals surface area contributed by atoms with E-state index in [2.05, 4.69) is 0 Å². The largest absolute Gasteiger partial charge is 0.508 e. The Labute approximate surface area is 135 Å². The Morgan fingerprint density at radius 1 is 1.30 bits per heavy atom. The summed E-state index contributed by atoms with van der Waals surface area (Å²) in [4.78, 5) is 11.7. The second-order valence-corrected chi connectivity index (χ2v) is 7.87. The van der Waals surface area contributed by atoms with Crippen molar-refractivity contribution >= 4 is 0 Å². The van der Waals surface area contributed by atoms with E-state index < -0.39 is 12.1 Å². The molecule has 1 aromatic rings. The van der Waals surface area contributed by atoms with Gasteiger partial charge in [0.15, 0.2) is 0 Å². The minimum Gasteiger partial charge on any atom is -0.508 e. The summed E-state index contributed by atoms with van der Waals surface area (Å²) in [5.41, 5.74) is 1.78. The molecule has 1 unspecified atom stereocenters. The van der Waals surface area contributed by atoms with Crippen molar-refractivity contribution in [2.24, 2.45) is 17.3 Å². The first-order valence-electron chi connectivity index (χ1n) is 8.55. The topological polar surface area (TPSA) is 83.6 Å². The van der Waals surface area contributed by atoms with E-state index in [9.17, 15) is 20.3 Å². The lowest BCUT2D eigenvalue weighted by molar-refractivity contribution is -0.538. The number of aromatic hydroxyl groups is 1. The fraction of sp³-hybridized carbons (Fsp3) is 0.667. The van der Waals surface area contributed by atoms with Gasteiger partial charge in [-0.25, -0.2) is 0 Å². The number of hydrogen-bond acceptors (Lipinski definition) is 4. The summed E-state index contributed by atoms with van der Waals surface area (Å²) < 4.78 is 0. The number of phenols is 1. The summed E-state index contributed by atoms with van der Waals surface area (Å²) >= 11 is 0. The zero-order chi connectivity index (χ0) is 16.4. The molecule has 124 valence electrons. The molecule has 2 fully saturated rings. The number of aliphatic hydroxyl groups is 1. The molecule has 0 amide bonds. The predicted octanol–water partition coefficient (Wildman–Crippen LogP) is 2.86. The smallest absolute Gasteiger partial charge is 0.220 e. The van der Waals surface area contributed by atoms with Crippen LogP contribution in [0.15, 0.2) is 18.2 Å². The third-order valence-electron chi connectivity index (χ3n) is 6.90. The number of nitro groups is 1. The first-order chi connectivity index (χ1) is 10.9. The molecular formula is C18H23NO4. The molecule has 0 aromatic heterocycles. The van der Waals surface area contributed by atoms with Crippen LogP contribution >= 0.6 is 0 Å². The van der Waals surface area contributed by atoms with Gasteiger partial charge in [0, 0.05) is 16.8 Å². The van der Waals surface area contributed by atoms with Crippen molar-refractivity contribution < 1.29 is 15.1 Å². The lowest BCUT2D eigenvalue weighted by atomic mass is 9.53. The average Bonchev–Trinajstić information content (AvgIpc) is 2.81. The molecule has 3 aliphatic rings. The molecule has 0 bridgehead atoms. The van der Waals surface area contributed by atoms with Crippen LogP contribution in [0.4, 0.5) is 0 Å². The summed E-state index contributed by atoms with van der Waals surface area (Å²) in [6.45, 7) is 2.05. The number of hydrogen-bond donors (Lipinski definition) is 2. The van der Waals surface area contributed by atoms with Gasteiger partial charge in [0.25, 0.3) is 0 Å².